The molecule has 3 rings (SSSR count). The maximum absolute atomic E-state index is 11.9. The van der Waals surface area contributed by atoms with Crippen LogP contribution in [-0.4, -0.2) is 47.7 Å². The molecule has 130 valence electrons. The lowest BCUT2D eigenvalue weighted by atomic mass is 10.1. The van der Waals surface area contributed by atoms with Crippen LogP contribution in [0.4, 0.5) is 16.3 Å². The van der Waals surface area contributed by atoms with Gasteiger partial charge in [0.2, 0.25) is 0 Å². The molecule has 25 heavy (non-hydrogen) atoms. The van der Waals surface area contributed by atoms with Gasteiger partial charge in [0, 0.05) is 25.5 Å². The molecule has 0 atom stereocenters. The van der Waals surface area contributed by atoms with Gasteiger partial charge in [-0.1, -0.05) is 0 Å². The highest BCUT2D eigenvalue weighted by atomic mass is 16.5. The van der Waals surface area contributed by atoms with Crippen LogP contribution >= 0.6 is 0 Å². The zero-order chi connectivity index (χ0) is 17.6. The van der Waals surface area contributed by atoms with Crippen molar-refractivity contribution in [1.29, 1.82) is 0 Å². The Hall–Kier alpha value is -3.16. The van der Waals surface area contributed by atoms with Crippen molar-refractivity contribution >= 4 is 23.5 Å². The summed E-state index contributed by atoms with van der Waals surface area (Å²) >= 11 is 0. The predicted octanol–water partition coefficient (Wildman–Crippen LogP) is 1.66. The summed E-state index contributed by atoms with van der Waals surface area (Å²) in [7, 11) is 0. The number of rotatable bonds is 5. The van der Waals surface area contributed by atoms with Crippen LogP contribution in [-0.2, 0) is 4.74 Å². The lowest BCUT2D eigenvalue weighted by molar-refractivity contribution is 0.0526. The molecule has 8 nitrogen and oxygen atoms in total. The molecule has 1 aliphatic heterocycles. The topological polar surface area (TPSA) is 96.5 Å². The average Bonchev–Trinajstić information content (AvgIpc) is 2.59. The van der Waals surface area contributed by atoms with Crippen molar-refractivity contribution in [3.05, 3.63) is 48.4 Å². The van der Waals surface area contributed by atoms with E-state index in [1.54, 1.807) is 43.6 Å². The second kappa shape index (κ2) is 7.61. The Morgan fingerprint density at radius 2 is 2.12 bits per heavy atom. The highest BCUT2D eigenvalue weighted by molar-refractivity contribution is 5.90. The second-order valence-electron chi connectivity index (χ2n) is 5.57. The van der Waals surface area contributed by atoms with E-state index in [1.807, 2.05) is 4.90 Å². The normalized spacial score (nSPS) is 13.7. The zero-order valence-corrected chi connectivity index (χ0v) is 13.8. The van der Waals surface area contributed by atoms with Gasteiger partial charge in [-0.3, -0.25) is 4.98 Å². The number of hydrogen-bond acceptors (Lipinski definition) is 6. The lowest BCUT2D eigenvalue weighted by Gasteiger charge is -2.40. The molecule has 2 amide bonds. The first-order chi connectivity index (χ1) is 12.2. The van der Waals surface area contributed by atoms with Crippen molar-refractivity contribution in [2.75, 3.05) is 29.9 Å². The third kappa shape index (κ3) is 4.23. The van der Waals surface area contributed by atoms with Gasteiger partial charge in [0.15, 0.2) is 0 Å². The van der Waals surface area contributed by atoms with Crippen LogP contribution in [0, 0.1) is 0 Å². The molecular formula is C17H19N5O3. The summed E-state index contributed by atoms with van der Waals surface area (Å²) in [5.74, 6) is 0.385. The number of amides is 2. The van der Waals surface area contributed by atoms with E-state index in [0.29, 0.717) is 30.9 Å². The molecule has 0 saturated carbocycles. The fourth-order valence-electron chi connectivity index (χ4n) is 2.45. The molecule has 1 saturated heterocycles. The zero-order valence-electron chi connectivity index (χ0n) is 13.8. The molecule has 8 heteroatoms. The van der Waals surface area contributed by atoms with Crippen molar-refractivity contribution in [3.63, 3.8) is 0 Å². The van der Waals surface area contributed by atoms with Crippen molar-refractivity contribution in [3.8, 4) is 0 Å². The first-order valence-electron chi connectivity index (χ1n) is 8.01. The van der Waals surface area contributed by atoms with Gasteiger partial charge in [0.25, 0.3) is 0 Å². The maximum Gasteiger partial charge on any atom is 0.339 e. The Kier molecular flexibility index (Phi) is 5.08. The number of esters is 1. The Balaban J connectivity index is 1.46. The minimum absolute atomic E-state index is 0.0446. The number of aromatic nitrogens is 2. The van der Waals surface area contributed by atoms with Gasteiger partial charge in [-0.2, -0.15) is 0 Å². The van der Waals surface area contributed by atoms with Gasteiger partial charge in [0.1, 0.15) is 5.82 Å². The van der Waals surface area contributed by atoms with E-state index < -0.39 is 0 Å². The van der Waals surface area contributed by atoms with E-state index in [2.05, 4.69) is 20.6 Å². The molecule has 0 aliphatic carbocycles. The van der Waals surface area contributed by atoms with Crippen molar-refractivity contribution in [2.45, 2.75) is 13.0 Å². The number of hydrogen-bond donors (Lipinski definition) is 2. The van der Waals surface area contributed by atoms with E-state index in [9.17, 15) is 9.59 Å². The molecule has 1 fully saturated rings. The minimum atomic E-state index is -0.378. The summed E-state index contributed by atoms with van der Waals surface area (Å²) in [5.41, 5.74) is 1.07. The fourth-order valence-corrected chi connectivity index (χ4v) is 2.45. The van der Waals surface area contributed by atoms with E-state index in [1.165, 1.54) is 6.20 Å². The number of carbonyl (C=O) groups excluding carboxylic acids is 2. The van der Waals surface area contributed by atoms with E-state index in [0.717, 1.165) is 5.82 Å². The van der Waals surface area contributed by atoms with Gasteiger partial charge in [-0.25, -0.2) is 14.6 Å². The quantitative estimate of drug-likeness (QED) is 0.803. The third-order valence-corrected chi connectivity index (χ3v) is 3.72. The van der Waals surface area contributed by atoms with E-state index >= 15 is 0 Å². The van der Waals surface area contributed by atoms with E-state index in [-0.39, 0.29) is 18.0 Å². The number of ether oxygens (including phenoxy) is 1. The summed E-state index contributed by atoms with van der Waals surface area (Å²) in [4.78, 5) is 33.7. The van der Waals surface area contributed by atoms with Gasteiger partial charge >= 0.3 is 12.0 Å². The SMILES string of the molecule is CCOC(=O)c1ccc(N2CC(NC(=O)Nc3cccnc3)C2)nc1. The number of urea groups is 1. The Morgan fingerprint density at radius 3 is 2.76 bits per heavy atom. The molecule has 0 aromatic carbocycles. The largest absolute Gasteiger partial charge is 0.462 e. The van der Waals surface area contributed by atoms with Crippen molar-refractivity contribution in [2.24, 2.45) is 0 Å². The summed E-state index contributed by atoms with van der Waals surface area (Å²) in [6.45, 7) is 3.41. The number of pyridine rings is 2. The van der Waals surface area contributed by atoms with Gasteiger partial charge in [-0.05, 0) is 31.2 Å². The fraction of sp³-hybridized carbons (Fsp3) is 0.294. The molecule has 2 aromatic heterocycles. The summed E-state index contributed by atoms with van der Waals surface area (Å²) in [6.07, 6.45) is 4.73. The highest BCUT2D eigenvalue weighted by Crippen LogP contribution is 2.19. The van der Waals surface area contributed by atoms with Crippen molar-refractivity contribution < 1.29 is 14.3 Å². The monoisotopic (exact) mass is 341 g/mol. The first-order valence-corrected chi connectivity index (χ1v) is 8.01. The maximum atomic E-state index is 11.9. The van der Waals surface area contributed by atoms with Crippen LogP contribution in [0.2, 0.25) is 0 Å². The molecule has 2 N–H and O–H groups in total. The third-order valence-electron chi connectivity index (χ3n) is 3.72. The number of nitrogens with zero attached hydrogens (tertiary/aromatic N) is 3. The molecule has 0 spiro atoms. The Morgan fingerprint density at radius 1 is 1.28 bits per heavy atom. The molecule has 0 bridgehead atoms. The predicted molar refractivity (Wildman–Crippen MR) is 92.6 cm³/mol. The molecule has 3 heterocycles. The molecule has 0 unspecified atom stereocenters. The van der Waals surface area contributed by atoms with Crippen LogP contribution in [0.1, 0.15) is 17.3 Å². The van der Waals surface area contributed by atoms with Gasteiger partial charge in [0.05, 0.1) is 30.1 Å². The first kappa shape index (κ1) is 16.7. The molecule has 2 aromatic rings. The Labute approximate surface area is 145 Å². The molecular weight excluding hydrogens is 322 g/mol. The van der Waals surface area contributed by atoms with Crippen LogP contribution in [0.15, 0.2) is 42.9 Å². The lowest BCUT2D eigenvalue weighted by Crippen LogP contribution is -2.60. The summed E-state index contributed by atoms with van der Waals surface area (Å²) in [5, 5.41) is 5.62. The second-order valence-corrected chi connectivity index (χ2v) is 5.57. The number of anilines is 2. The summed E-state index contributed by atoms with van der Waals surface area (Å²) < 4.78 is 4.93. The smallest absolute Gasteiger partial charge is 0.339 e. The van der Waals surface area contributed by atoms with Crippen LogP contribution in [0.5, 0.6) is 0 Å². The van der Waals surface area contributed by atoms with Crippen molar-refractivity contribution in [1.82, 2.24) is 15.3 Å². The molecule has 1 aliphatic rings. The number of carbonyl (C=O) groups is 2. The highest BCUT2D eigenvalue weighted by Gasteiger charge is 2.29. The minimum Gasteiger partial charge on any atom is -0.462 e. The van der Waals surface area contributed by atoms with Crippen LogP contribution < -0.4 is 15.5 Å². The standard InChI is InChI=1S/C17H19N5O3/c1-2-25-16(23)12-5-6-15(19-8-12)22-10-14(11-22)21-17(24)20-13-4-3-7-18-9-13/h3-9,14H,2,10-11H2,1H3,(H2,20,21,24). The van der Waals surface area contributed by atoms with Gasteiger partial charge in [-0.15, -0.1) is 0 Å². The number of nitrogens with one attached hydrogen (secondary N) is 2. The Bertz CT molecular complexity index is 730. The summed E-state index contributed by atoms with van der Waals surface area (Å²) in [6, 6.07) is 6.78. The van der Waals surface area contributed by atoms with Crippen LogP contribution in [0.25, 0.3) is 0 Å². The van der Waals surface area contributed by atoms with Gasteiger partial charge < -0.3 is 20.3 Å². The van der Waals surface area contributed by atoms with E-state index in [4.69, 9.17) is 4.74 Å². The average molecular weight is 341 g/mol. The molecule has 0 radical (unpaired) electrons. The van der Waals surface area contributed by atoms with Crippen LogP contribution in [0.3, 0.4) is 0 Å².